The first-order valence-corrected chi connectivity index (χ1v) is 10.5. The highest BCUT2D eigenvalue weighted by Gasteiger charge is 2.46. The van der Waals surface area contributed by atoms with Gasteiger partial charge in [-0.1, -0.05) is 99.8 Å². The van der Waals surface area contributed by atoms with Crippen LogP contribution in [0.25, 0.3) is 0 Å². The largest absolute Gasteiger partial charge is 0.0833 e. The molecular weight excluding hydrogens is 307 g/mol. The van der Waals surface area contributed by atoms with E-state index in [1.165, 1.54) is 19.3 Å². The van der Waals surface area contributed by atoms with Crippen LogP contribution in [0, 0.1) is 0 Å². The van der Waals surface area contributed by atoms with Crippen LogP contribution in [0.15, 0.2) is 85.0 Å². The highest BCUT2D eigenvalue weighted by molar-refractivity contribution is 7.60. The third kappa shape index (κ3) is 2.89. The van der Waals surface area contributed by atoms with Gasteiger partial charge >= 0.3 is 0 Å². The van der Waals surface area contributed by atoms with Crippen molar-refractivity contribution in [3.8, 4) is 0 Å². The summed E-state index contributed by atoms with van der Waals surface area (Å²) in [6.07, 6.45) is 13.2. The SMILES string of the molecule is CC1(P2C(c3ccccc3)CCC2c2ccccc2)C=CC=CC1. The summed E-state index contributed by atoms with van der Waals surface area (Å²) in [6, 6.07) is 22.5. The lowest BCUT2D eigenvalue weighted by Crippen LogP contribution is -2.23. The summed E-state index contributed by atoms with van der Waals surface area (Å²) < 4.78 is 0. The Morgan fingerprint density at radius 3 is 1.79 bits per heavy atom. The molecule has 1 aliphatic heterocycles. The Labute approximate surface area is 147 Å². The van der Waals surface area contributed by atoms with Gasteiger partial charge in [0.2, 0.25) is 0 Å². The quantitative estimate of drug-likeness (QED) is 0.530. The van der Waals surface area contributed by atoms with Crippen LogP contribution in [0.3, 0.4) is 0 Å². The van der Waals surface area contributed by atoms with E-state index in [0.29, 0.717) is 16.5 Å². The summed E-state index contributed by atoms with van der Waals surface area (Å²) in [5.41, 5.74) is 4.53. The Balaban J connectivity index is 1.76. The molecule has 2 aromatic carbocycles. The van der Waals surface area contributed by atoms with Crippen LogP contribution in [-0.4, -0.2) is 5.16 Å². The molecule has 0 N–H and O–H groups in total. The Hall–Kier alpha value is -1.65. The van der Waals surface area contributed by atoms with Crippen molar-refractivity contribution in [1.29, 1.82) is 0 Å². The van der Waals surface area contributed by atoms with Crippen molar-refractivity contribution in [2.75, 3.05) is 0 Å². The summed E-state index contributed by atoms with van der Waals surface area (Å²) in [7, 11) is -0.163. The van der Waals surface area contributed by atoms with Crippen molar-refractivity contribution in [2.24, 2.45) is 0 Å². The molecule has 0 saturated carbocycles. The molecule has 0 aromatic heterocycles. The van der Waals surface area contributed by atoms with Crippen molar-refractivity contribution in [3.05, 3.63) is 96.1 Å². The molecule has 2 aliphatic rings. The van der Waals surface area contributed by atoms with Crippen LogP contribution in [0.1, 0.15) is 48.6 Å². The van der Waals surface area contributed by atoms with Gasteiger partial charge in [-0.3, -0.25) is 0 Å². The van der Waals surface area contributed by atoms with Crippen LogP contribution in [0.5, 0.6) is 0 Å². The van der Waals surface area contributed by atoms with Crippen LogP contribution >= 0.6 is 7.92 Å². The number of hydrogen-bond donors (Lipinski definition) is 0. The lowest BCUT2D eigenvalue weighted by molar-refractivity contribution is 0.763. The van der Waals surface area contributed by atoms with E-state index in [2.05, 4.69) is 91.9 Å². The topological polar surface area (TPSA) is 0 Å². The van der Waals surface area contributed by atoms with E-state index in [9.17, 15) is 0 Å². The summed E-state index contributed by atoms with van der Waals surface area (Å²) in [4.78, 5) is 0. The molecule has 1 heterocycles. The van der Waals surface area contributed by atoms with Crippen LogP contribution in [-0.2, 0) is 0 Å². The fraction of sp³-hybridized carbons (Fsp3) is 0.304. The van der Waals surface area contributed by atoms with Crippen molar-refractivity contribution in [1.82, 2.24) is 0 Å². The molecule has 3 atom stereocenters. The van der Waals surface area contributed by atoms with Gasteiger partial charge in [0.1, 0.15) is 0 Å². The average Bonchev–Trinajstić information content (AvgIpc) is 3.10. The van der Waals surface area contributed by atoms with Crippen LogP contribution in [0.4, 0.5) is 0 Å². The van der Waals surface area contributed by atoms with E-state index in [0.717, 1.165) is 0 Å². The number of rotatable bonds is 3. The minimum Gasteiger partial charge on any atom is -0.0833 e. The molecule has 24 heavy (non-hydrogen) atoms. The summed E-state index contributed by atoms with van der Waals surface area (Å²) in [5, 5.41) is 0.307. The Bertz CT molecular complexity index is 684. The zero-order valence-corrected chi connectivity index (χ0v) is 15.2. The second-order valence-electron chi connectivity index (χ2n) is 7.19. The monoisotopic (exact) mass is 332 g/mol. The Morgan fingerprint density at radius 2 is 1.33 bits per heavy atom. The normalized spacial score (nSPS) is 32.1. The van der Waals surface area contributed by atoms with Gasteiger partial charge in [-0.25, -0.2) is 0 Å². The molecule has 4 rings (SSSR count). The predicted octanol–water partition coefficient (Wildman–Crippen LogP) is 7.02. The number of hydrogen-bond acceptors (Lipinski definition) is 0. The molecule has 0 amide bonds. The summed E-state index contributed by atoms with van der Waals surface area (Å²) in [5.74, 6) is 0. The molecule has 1 fully saturated rings. The van der Waals surface area contributed by atoms with Crippen molar-refractivity contribution < 1.29 is 0 Å². The first-order chi connectivity index (χ1) is 11.8. The lowest BCUT2D eigenvalue weighted by Gasteiger charge is -2.41. The zero-order valence-electron chi connectivity index (χ0n) is 14.3. The smallest absolute Gasteiger partial charge is 0.0104 e. The minimum atomic E-state index is -0.163. The average molecular weight is 332 g/mol. The van der Waals surface area contributed by atoms with Crippen LogP contribution < -0.4 is 0 Å². The standard InChI is InChI=1S/C23H25P/c1-23(17-9-4-10-18-23)24-21(19-11-5-2-6-12-19)15-16-22(24)20-13-7-3-8-14-20/h2-14,17,21-22H,15-16,18H2,1H3. The molecule has 0 spiro atoms. The molecule has 3 unspecified atom stereocenters. The van der Waals surface area contributed by atoms with E-state index in [1.54, 1.807) is 11.1 Å². The van der Waals surface area contributed by atoms with Crippen molar-refractivity contribution in [3.63, 3.8) is 0 Å². The molecule has 0 radical (unpaired) electrons. The fourth-order valence-electron chi connectivity index (χ4n) is 4.44. The van der Waals surface area contributed by atoms with E-state index in [-0.39, 0.29) is 7.92 Å². The molecule has 2 aromatic rings. The second kappa shape index (κ2) is 6.69. The van der Waals surface area contributed by atoms with Gasteiger partial charge in [-0.15, -0.1) is 0 Å². The molecule has 0 bridgehead atoms. The highest BCUT2D eigenvalue weighted by atomic mass is 31.1. The van der Waals surface area contributed by atoms with E-state index in [1.807, 2.05) is 0 Å². The summed E-state index contributed by atoms with van der Waals surface area (Å²) >= 11 is 0. The Morgan fingerprint density at radius 1 is 0.792 bits per heavy atom. The zero-order chi connectivity index (χ0) is 16.4. The van der Waals surface area contributed by atoms with E-state index in [4.69, 9.17) is 0 Å². The third-order valence-electron chi connectivity index (χ3n) is 5.58. The maximum absolute atomic E-state index is 2.50. The van der Waals surface area contributed by atoms with Gasteiger partial charge in [0.05, 0.1) is 0 Å². The first kappa shape index (κ1) is 15.9. The third-order valence-corrected chi connectivity index (χ3v) is 9.54. The minimum absolute atomic E-state index is 0.163. The number of benzene rings is 2. The second-order valence-corrected chi connectivity index (χ2v) is 10.3. The lowest BCUT2D eigenvalue weighted by atomic mass is 10.0. The fourth-order valence-corrected chi connectivity index (χ4v) is 8.71. The molecule has 1 heteroatoms. The molecule has 122 valence electrons. The van der Waals surface area contributed by atoms with Crippen molar-refractivity contribution in [2.45, 2.75) is 42.7 Å². The van der Waals surface area contributed by atoms with Crippen LogP contribution in [0.2, 0.25) is 0 Å². The number of allylic oxidation sites excluding steroid dienone is 4. The first-order valence-electron chi connectivity index (χ1n) is 9.01. The maximum Gasteiger partial charge on any atom is 0.0104 e. The Kier molecular flexibility index (Phi) is 4.42. The van der Waals surface area contributed by atoms with E-state index < -0.39 is 0 Å². The molecule has 0 nitrogen and oxygen atoms in total. The molecule has 1 saturated heterocycles. The van der Waals surface area contributed by atoms with Gasteiger partial charge in [-0.2, -0.15) is 0 Å². The van der Waals surface area contributed by atoms with Gasteiger partial charge < -0.3 is 0 Å². The van der Waals surface area contributed by atoms with Gasteiger partial charge in [0.25, 0.3) is 0 Å². The van der Waals surface area contributed by atoms with Gasteiger partial charge in [0, 0.05) is 16.5 Å². The molecular formula is C23H25P. The highest BCUT2D eigenvalue weighted by Crippen LogP contribution is 2.77. The summed E-state index contributed by atoms with van der Waals surface area (Å²) in [6.45, 7) is 2.50. The maximum atomic E-state index is 2.50. The van der Waals surface area contributed by atoms with Gasteiger partial charge in [0.15, 0.2) is 0 Å². The van der Waals surface area contributed by atoms with E-state index >= 15 is 0 Å². The van der Waals surface area contributed by atoms with Gasteiger partial charge in [-0.05, 0) is 30.4 Å². The predicted molar refractivity (Wildman–Crippen MR) is 106 cm³/mol. The van der Waals surface area contributed by atoms with Crippen molar-refractivity contribution >= 4 is 7.92 Å². The molecule has 1 aliphatic carbocycles.